The van der Waals surface area contributed by atoms with Gasteiger partial charge in [0.05, 0.1) is 22.0 Å². The molecule has 0 spiro atoms. The Hall–Kier alpha value is -3.39. The number of hydrogen-bond donors (Lipinski definition) is 1. The van der Waals surface area contributed by atoms with Crippen LogP contribution in [0.4, 0.5) is 11.6 Å². The third kappa shape index (κ3) is 4.89. The number of ether oxygens (including phenoxy) is 1. The van der Waals surface area contributed by atoms with Gasteiger partial charge in [-0.25, -0.2) is 15.0 Å². The predicted octanol–water partition coefficient (Wildman–Crippen LogP) is 5.88. The molecule has 1 atom stereocenters. The number of thioether (sulfide) groups is 1. The van der Waals surface area contributed by atoms with E-state index in [1.807, 2.05) is 54.3 Å². The van der Waals surface area contributed by atoms with E-state index in [9.17, 15) is 4.79 Å². The lowest BCUT2D eigenvalue weighted by Gasteiger charge is -2.21. The normalized spacial score (nSPS) is 17.1. The molecule has 7 nitrogen and oxygen atoms in total. The van der Waals surface area contributed by atoms with E-state index in [0.29, 0.717) is 29.8 Å². The topological polar surface area (TPSA) is 79.7 Å². The zero-order valence-corrected chi connectivity index (χ0v) is 21.1. The van der Waals surface area contributed by atoms with Crippen molar-refractivity contribution in [3.8, 4) is 5.75 Å². The minimum atomic E-state index is 0.170. The minimum Gasteiger partial charge on any atom is -0.438 e. The number of rotatable bonds is 7. The summed E-state index contributed by atoms with van der Waals surface area (Å²) in [4.78, 5) is 28.2. The van der Waals surface area contributed by atoms with Crippen LogP contribution in [-0.2, 0) is 4.79 Å². The molecule has 1 fully saturated rings. The molecule has 1 amide bonds. The molecule has 1 aromatic heterocycles. The molecule has 1 N–H and O–H groups in total. The number of aliphatic imine (C=N–C) groups is 1. The van der Waals surface area contributed by atoms with Crippen molar-refractivity contribution < 1.29 is 9.53 Å². The van der Waals surface area contributed by atoms with Gasteiger partial charge in [-0.15, -0.1) is 11.8 Å². The summed E-state index contributed by atoms with van der Waals surface area (Å²) in [6.45, 7) is 6.97. The molecule has 1 saturated heterocycles. The van der Waals surface area contributed by atoms with E-state index in [2.05, 4.69) is 24.1 Å². The SMILES string of the molecule is CC[C@@H](C)Nc1nccc(C2=C(Oc3ccc(N4CCCC4=O)c4ccccc34)N=C(C)SC2)n1. The van der Waals surface area contributed by atoms with Crippen LogP contribution in [-0.4, -0.2) is 39.3 Å². The first-order valence-corrected chi connectivity index (χ1v) is 13.0. The average molecular weight is 488 g/mol. The number of nitrogens with one attached hydrogen (secondary N) is 1. The molecule has 2 aliphatic heterocycles. The van der Waals surface area contributed by atoms with Gasteiger partial charge >= 0.3 is 0 Å². The van der Waals surface area contributed by atoms with Crippen molar-refractivity contribution in [1.29, 1.82) is 0 Å². The lowest BCUT2D eigenvalue weighted by Crippen LogP contribution is -2.23. The Morgan fingerprint density at radius 3 is 2.77 bits per heavy atom. The van der Waals surface area contributed by atoms with Gasteiger partial charge in [-0.05, 0) is 44.9 Å². The Morgan fingerprint density at radius 2 is 2.00 bits per heavy atom. The Balaban J connectivity index is 1.54. The third-order valence-corrected chi connectivity index (χ3v) is 7.27. The van der Waals surface area contributed by atoms with Crippen molar-refractivity contribution in [3.05, 3.63) is 60.2 Å². The van der Waals surface area contributed by atoms with Crippen LogP contribution in [0.2, 0.25) is 0 Å². The predicted molar refractivity (Wildman–Crippen MR) is 144 cm³/mol. The number of hydrogen-bond acceptors (Lipinski definition) is 7. The standard InChI is InChI=1S/C27H29N5O2S/c1-4-17(2)29-27-28-14-13-22(31-27)21-16-35-18(3)30-26(21)34-24-12-11-23(32-15-7-10-25(32)33)19-8-5-6-9-20(19)24/h5-6,8-9,11-14,17H,4,7,10,15-16H2,1-3H3,(H,28,29,31)/t17-/m1/s1. The number of benzene rings is 2. The molecule has 0 bridgehead atoms. The lowest BCUT2D eigenvalue weighted by molar-refractivity contribution is -0.117. The highest BCUT2D eigenvalue weighted by Gasteiger charge is 2.25. The van der Waals surface area contributed by atoms with Crippen LogP contribution in [0.15, 0.2) is 59.5 Å². The maximum absolute atomic E-state index is 12.4. The summed E-state index contributed by atoms with van der Waals surface area (Å²) in [5, 5.41) is 6.23. The van der Waals surface area contributed by atoms with Crippen molar-refractivity contribution in [2.24, 2.45) is 4.99 Å². The van der Waals surface area contributed by atoms with Gasteiger partial charge in [0.2, 0.25) is 17.7 Å². The molecule has 0 aliphatic carbocycles. The van der Waals surface area contributed by atoms with E-state index in [1.54, 1.807) is 18.0 Å². The van der Waals surface area contributed by atoms with Gasteiger partial charge in [0, 0.05) is 41.7 Å². The number of carbonyl (C=O) groups is 1. The Bertz CT molecular complexity index is 1340. The Kier molecular flexibility index (Phi) is 6.72. The molecular weight excluding hydrogens is 458 g/mol. The van der Waals surface area contributed by atoms with E-state index >= 15 is 0 Å². The van der Waals surface area contributed by atoms with E-state index in [0.717, 1.165) is 52.2 Å². The number of carbonyl (C=O) groups excluding carboxylic acids is 1. The summed E-state index contributed by atoms with van der Waals surface area (Å²) in [7, 11) is 0. The van der Waals surface area contributed by atoms with Crippen molar-refractivity contribution >= 4 is 50.7 Å². The van der Waals surface area contributed by atoms with Crippen molar-refractivity contribution in [1.82, 2.24) is 9.97 Å². The smallest absolute Gasteiger partial charge is 0.227 e. The van der Waals surface area contributed by atoms with Crippen LogP contribution in [0.3, 0.4) is 0 Å². The zero-order valence-electron chi connectivity index (χ0n) is 20.2. The second-order valence-corrected chi connectivity index (χ2v) is 9.97. The molecular formula is C27H29N5O2S. The van der Waals surface area contributed by atoms with Gasteiger partial charge in [0.25, 0.3) is 0 Å². The van der Waals surface area contributed by atoms with Gasteiger partial charge in [-0.1, -0.05) is 31.2 Å². The van der Waals surface area contributed by atoms with E-state index in [4.69, 9.17) is 14.7 Å². The number of nitrogens with zero attached hydrogens (tertiary/aromatic N) is 4. The van der Waals surface area contributed by atoms with Crippen LogP contribution < -0.4 is 15.0 Å². The summed E-state index contributed by atoms with van der Waals surface area (Å²) in [5.41, 5.74) is 2.66. The van der Waals surface area contributed by atoms with Crippen LogP contribution >= 0.6 is 11.8 Å². The van der Waals surface area contributed by atoms with Gasteiger partial charge < -0.3 is 15.0 Å². The summed E-state index contributed by atoms with van der Waals surface area (Å²) in [5.74, 6) is 2.74. The van der Waals surface area contributed by atoms with Crippen molar-refractivity contribution in [3.63, 3.8) is 0 Å². The molecule has 2 aromatic carbocycles. The van der Waals surface area contributed by atoms with E-state index < -0.39 is 0 Å². The molecule has 2 aliphatic rings. The fourth-order valence-electron chi connectivity index (χ4n) is 4.25. The maximum Gasteiger partial charge on any atom is 0.227 e. The largest absolute Gasteiger partial charge is 0.438 e. The monoisotopic (exact) mass is 487 g/mol. The van der Waals surface area contributed by atoms with Crippen LogP contribution in [0, 0.1) is 0 Å². The highest BCUT2D eigenvalue weighted by molar-refractivity contribution is 8.14. The Labute approximate surface area is 209 Å². The minimum absolute atomic E-state index is 0.170. The molecule has 8 heteroatoms. The van der Waals surface area contributed by atoms with E-state index in [-0.39, 0.29) is 11.9 Å². The summed E-state index contributed by atoms with van der Waals surface area (Å²) < 4.78 is 6.49. The number of fused-ring (bicyclic) bond motifs is 1. The number of anilines is 2. The van der Waals surface area contributed by atoms with Gasteiger partial charge in [0.1, 0.15) is 5.75 Å². The molecule has 0 saturated carbocycles. The second kappa shape index (κ2) is 10.1. The van der Waals surface area contributed by atoms with Gasteiger partial charge in [-0.3, -0.25) is 4.79 Å². The third-order valence-electron chi connectivity index (χ3n) is 6.33. The first kappa shape index (κ1) is 23.4. The molecule has 0 unspecified atom stereocenters. The zero-order chi connectivity index (χ0) is 24.4. The number of aromatic nitrogens is 2. The first-order chi connectivity index (χ1) is 17.0. The molecule has 3 aromatic rings. The summed E-state index contributed by atoms with van der Waals surface area (Å²) >= 11 is 1.67. The highest BCUT2D eigenvalue weighted by atomic mass is 32.2. The molecule has 0 radical (unpaired) electrons. The van der Waals surface area contributed by atoms with Gasteiger partial charge in [-0.2, -0.15) is 0 Å². The first-order valence-electron chi connectivity index (χ1n) is 12.0. The maximum atomic E-state index is 12.4. The van der Waals surface area contributed by atoms with E-state index in [1.165, 1.54) is 0 Å². The lowest BCUT2D eigenvalue weighted by atomic mass is 10.1. The summed E-state index contributed by atoms with van der Waals surface area (Å²) in [6.07, 6.45) is 4.24. The van der Waals surface area contributed by atoms with Crippen LogP contribution in [0.1, 0.15) is 45.7 Å². The summed E-state index contributed by atoms with van der Waals surface area (Å²) in [6, 6.07) is 14.2. The molecule has 35 heavy (non-hydrogen) atoms. The van der Waals surface area contributed by atoms with Crippen molar-refractivity contribution in [2.45, 2.75) is 46.1 Å². The van der Waals surface area contributed by atoms with Crippen LogP contribution in [0.25, 0.3) is 16.3 Å². The molecule has 180 valence electrons. The van der Waals surface area contributed by atoms with Gasteiger partial charge in [0.15, 0.2) is 0 Å². The number of amides is 1. The van der Waals surface area contributed by atoms with Crippen molar-refractivity contribution in [2.75, 3.05) is 22.5 Å². The second-order valence-electron chi connectivity index (χ2n) is 8.80. The average Bonchev–Trinajstić information content (AvgIpc) is 3.30. The van der Waals surface area contributed by atoms with Crippen LogP contribution in [0.5, 0.6) is 5.75 Å². The fourth-order valence-corrected chi connectivity index (χ4v) is 5.03. The fraction of sp³-hybridized carbons (Fsp3) is 0.333. The quantitative estimate of drug-likeness (QED) is 0.448. The highest BCUT2D eigenvalue weighted by Crippen LogP contribution is 2.38. The molecule has 5 rings (SSSR count). The molecule has 3 heterocycles. The Morgan fingerprint density at radius 1 is 1.17 bits per heavy atom.